The van der Waals surface area contributed by atoms with Crippen molar-refractivity contribution in [1.29, 1.82) is 5.26 Å². The average Bonchev–Trinajstić information content (AvgIpc) is 2.16. The SMILES string of the molecule is CC(C)(C)[Si](C)(C)OCC(CO)CCC#N. The van der Waals surface area contributed by atoms with Crippen molar-refractivity contribution in [1.82, 2.24) is 0 Å². The second kappa shape index (κ2) is 6.38. The highest BCUT2D eigenvalue weighted by Crippen LogP contribution is 2.36. The molecule has 0 aliphatic carbocycles. The van der Waals surface area contributed by atoms with Crippen molar-refractivity contribution < 1.29 is 9.53 Å². The highest BCUT2D eigenvalue weighted by atomic mass is 28.4. The van der Waals surface area contributed by atoms with Crippen LogP contribution in [0, 0.1) is 17.2 Å². The maximum atomic E-state index is 9.18. The molecule has 1 unspecified atom stereocenters. The van der Waals surface area contributed by atoms with Gasteiger partial charge in [-0.05, 0) is 24.6 Å². The van der Waals surface area contributed by atoms with Crippen molar-refractivity contribution in [2.24, 2.45) is 5.92 Å². The van der Waals surface area contributed by atoms with Crippen molar-refractivity contribution >= 4 is 8.32 Å². The standard InChI is InChI=1S/C12H25NO2Si/c1-12(2,3)16(4,5)15-10-11(9-14)7-6-8-13/h11,14H,6-7,9-10H2,1-5H3. The van der Waals surface area contributed by atoms with E-state index in [-0.39, 0.29) is 17.6 Å². The monoisotopic (exact) mass is 243 g/mol. The second-order valence-corrected chi connectivity index (χ2v) is 10.6. The predicted octanol–water partition coefficient (Wildman–Crippen LogP) is 2.92. The van der Waals surface area contributed by atoms with Crippen molar-refractivity contribution in [2.75, 3.05) is 13.2 Å². The number of nitrogens with zero attached hydrogens (tertiary/aromatic N) is 1. The van der Waals surface area contributed by atoms with E-state index in [1.54, 1.807) is 0 Å². The number of aliphatic hydroxyl groups is 1. The van der Waals surface area contributed by atoms with E-state index in [1.165, 1.54) is 0 Å². The van der Waals surface area contributed by atoms with E-state index in [2.05, 4.69) is 39.9 Å². The van der Waals surface area contributed by atoms with Gasteiger partial charge in [-0.25, -0.2) is 0 Å². The number of rotatable bonds is 6. The maximum Gasteiger partial charge on any atom is 0.191 e. The van der Waals surface area contributed by atoms with E-state index >= 15 is 0 Å². The maximum absolute atomic E-state index is 9.18. The van der Waals surface area contributed by atoms with Gasteiger partial charge in [0.2, 0.25) is 0 Å². The summed E-state index contributed by atoms with van der Waals surface area (Å²) in [6, 6.07) is 2.10. The van der Waals surface area contributed by atoms with Gasteiger partial charge in [0.05, 0.1) is 6.07 Å². The first-order valence-corrected chi connectivity index (χ1v) is 8.77. The molecule has 0 radical (unpaired) electrons. The van der Waals surface area contributed by atoms with Crippen LogP contribution in [0.4, 0.5) is 0 Å². The molecule has 1 atom stereocenters. The second-order valence-electron chi connectivity index (χ2n) is 5.82. The molecular weight excluding hydrogens is 218 g/mol. The molecule has 0 spiro atoms. The Balaban J connectivity index is 4.16. The molecule has 0 rings (SSSR count). The highest BCUT2D eigenvalue weighted by Gasteiger charge is 2.37. The molecule has 0 saturated heterocycles. The van der Waals surface area contributed by atoms with Crippen molar-refractivity contribution in [3.8, 4) is 6.07 Å². The van der Waals surface area contributed by atoms with E-state index in [9.17, 15) is 5.11 Å². The summed E-state index contributed by atoms with van der Waals surface area (Å²) in [6.45, 7) is 11.7. The van der Waals surface area contributed by atoms with Gasteiger partial charge in [-0.15, -0.1) is 0 Å². The Hall–Kier alpha value is -0.373. The fraction of sp³-hybridized carbons (Fsp3) is 0.917. The average molecular weight is 243 g/mol. The molecular formula is C12H25NO2Si. The van der Waals surface area contributed by atoms with Crippen LogP contribution in [0.5, 0.6) is 0 Å². The van der Waals surface area contributed by atoms with E-state index in [0.717, 1.165) is 6.42 Å². The fourth-order valence-corrected chi connectivity index (χ4v) is 2.12. The van der Waals surface area contributed by atoms with Crippen LogP contribution in [0.15, 0.2) is 0 Å². The van der Waals surface area contributed by atoms with Gasteiger partial charge in [-0.1, -0.05) is 20.8 Å². The third-order valence-corrected chi connectivity index (χ3v) is 7.91. The molecule has 0 aromatic heterocycles. The van der Waals surface area contributed by atoms with Crippen molar-refractivity contribution in [2.45, 2.75) is 51.7 Å². The van der Waals surface area contributed by atoms with Crippen LogP contribution < -0.4 is 0 Å². The van der Waals surface area contributed by atoms with E-state index in [1.807, 2.05) is 0 Å². The lowest BCUT2D eigenvalue weighted by Gasteiger charge is -2.37. The first kappa shape index (κ1) is 15.6. The molecule has 16 heavy (non-hydrogen) atoms. The van der Waals surface area contributed by atoms with Crippen molar-refractivity contribution in [3.63, 3.8) is 0 Å². The molecule has 0 aromatic carbocycles. The molecule has 0 amide bonds. The largest absolute Gasteiger partial charge is 0.416 e. The molecule has 0 heterocycles. The van der Waals surface area contributed by atoms with Crippen LogP contribution >= 0.6 is 0 Å². The minimum Gasteiger partial charge on any atom is -0.416 e. The summed E-state index contributed by atoms with van der Waals surface area (Å²) in [7, 11) is -1.72. The lowest BCUT2D eigenvalue weighted by atomic mass is 10.1. The van der Waals surface area contributed by atoms with Gasteiger partial charge in [0.15, 0.2) is 8.32 Å². The molecule has 0 fully saturated rings. The van der Waals surface area contributed by atoms with Crippen LogP contribution in [0.1, 0.15) is 33.6 Å². The Bertz CT molecular complexity index is 240. The van der Waals surface area contributed by atoms with Crippen LogP contribution in [0.3, 0.4) is 0 Å². The van der Waals surface area contributed by atoms with Crippen LogP contribution in [-0.2, 0) is 4.43 Å². The zero-order valence-corrected chi connectivity index (χ0v) is 12.2. The Morgan fingerprint density at radius 2 is 1.94 bits per heavy atom. The highest BCUT2D eigenvalue weighted by molar-refractivity contribution is 6.74. The van der Waals surface area contributed by atoms with Crippen LogP contribution in [0.2, 0.25) is 18.1 Å². The van der Waals surface area contributed by atoms with Crippen LogP contribution in [0.25, 0.3) is 0 Å². The quantitative estimate of drug-likeness (QED) is 0.730. The van der Waals surface area contributed by atoms with Gasteiger partial charge in [0, 0.05) is 25.6 Å². The van der Waals surface area contributed by atoms with Gasteiger partial charge in [0.1, 0.15) is 0 Å². The van der Waals surface area contributed by atoms with E-state index in [4.69, 9.17) is 9.69 Å². The molecule has 0 saturated carbocycles. The summed E-state index contributed by atoms with van der Waals surface area (Å²) in [6.07, 6.45) is 1.22. The third kappa shape index (κ3) is 5.11. The Kier molecular flexibility index (Phi) is 6.23. The topological polar surface area (TPSA) is 53.2 Å². The number of nitriles is 1. The number of hydrogen-bond acceptors (Lipinski definition) is 3. The molecule has 0 bridgehead atoms. The lowest BCUT2D eigenvalue weighted by molar-refractivity contribution is 0.148. The summed E-state index contributed by atoms with van der Waals surface area (Å²) in [5, 5.41) is 17.9. The fourth-order valence-electron chi connectivity index (χ4n) is 1.04. The molecule has 3 nitrogen and oxygen atoms in total. The zero-order valence-electron chi connectivity index (χ0n) is 11.2. The molecule has 0 aromatic rings. The van der Waals surface area contributed by atoms with Crippen LogP contribution in [-0.4, -0.2) is 26.6 Å². The Morgan fingerprint density at radius 1 is 1.38 bits per heavy atom. The lowest BCUT2D eigenvalue weighted by Crippen LogP contribution is -2.42. The Labute approximate surface area is 101 Å². The summed E-state index contributed by atoms with van der Waals surface area (Å²) in [5.41, 5.74) is 0. The van der Waals surface area contributed by atoms with E-state index in [0.29, 0.717) is 13.0 Å². The van der Waals surface area contributed by atoms with Gasteiger partial charge in [-0.2, -0.15) is 5.26 Å². The van der Waals surface area contributed by atoms with Gasteiger partial charge < -0.3 is 9.53 Å². The normalized spacial score (nSPS) is 14.6. The molecule has 4 heteroatoms. The molecule has 0 aliphatic heterocycles. The zero-order chi connectivity index (χ0) is 12.8. The van der Waals surface area contributed by atoms with E-state index < -0.39 is 8.32 Å². The summed E-state index contributed by atoms with van der Waals surface area (Å²) < 4.78 is 6.01. The Morgan fingerprint density at radius 3 is 2.31 bits per heavy atom. The predicted molar refractivity (Wildman–Crippen MR) is 68.6 cm³/mol. The van der Waals surface area contributed by atoms with Gasteiger partial charge >= 0.3 is 0 Å². The minimum atomic E-state index is -1.72. The number of aliphatic hydroxyl groups excluding tert-OH is 1. The molecule has 94 valence electrons. The summed E-state index contributed by atoms with van der Waals surface area (Å²) in [4.78, 5) is 0. The van der Waals surface area contributed by atoms with Crippen molar-refractivity contribution in [3.05, 3.63) is 0 Å². The van der Waals surface area contributed by atoms with Gasteiger partial charge in [0.25, 0.3) is 0 Å². The molecule has 1 N–H and O–H groups in total. The first-order chi connectivity index (χ1) is 7.24. The summed E-state index contributed by atoms with van der Waals surface area (Å²) >= 11 is 0. The third-order valence-electron chi connectivity index (χ3n) is 3.41. The summed E-state index contributed by atoms with van der Waals surface area (Å²) in [5.74, 6) is 0.105. The minimum absolute atomic E-state index is 0.105. The smallest absolute Gasteiger partial charge is 0.191 e. The first-order valence-electron chi connectivity index (χ1n) is 5.86. The number of hydrogen-bond donors (Lipinski definition) is 1. The van der Waals surface area contributed by atoms with Gasteiger partial charge in [-0.3, -0.25) is 0 Å². The molecule has 0 aliphatic rings.